The van der Waals surface area contributed by atoms with Crippen molar-refractivity contribution in [1.82, 2.24) is 0 Å². The van der Waals surface area contributed by atoms with Gasteiger partial charge in [-0.15, -0.1) is 0 Å². The van der Waals surface area contributed by atoms with Crippen LogP contribution in [0.4, 0.5) is 0 Å². The molecule has 0 saturated carbocycles. The van der Waals surface area contributed by atoms with Gasteiger partial charge in [-0.1, -0.05) is 251 Å². The van der Waals surface area contributed by atoms with Crippen LogP contribution in [-0.2, 0) is 9.53 Å². The van der Waals surface area contributed by atoms with Crippen LogP contribution in [-0.4, -0.2) is 12.6 Å². The maximum absolute atomic E-state index is 12.0. The van der Waals surface area contributed by atoms with Gasteiger partial charge in [0.2, 0.25) is 0 Å². The fourth-order valence-electron chi connectivity index (χ4n) is 6.96. The van der Waals surface area contributed by atoms with Gasteiger partial charge in [0.05, 0.1) is 6.61 Å². The van der Waals surface area contributed by atoms with E-state index in [2.05, 4.69) is 13.8 Å². The minimum Gasteiger partial charge on any atom is -0.466 e. The molecule has 0 N–H and O–H groups in total. The number of carbonyl (C=O) groups is 1. The number of rotatable bonds is 41. The summed E-state index contributed by atoms with van der Waals surface area (Å²) in [6, 6.07) is 0. The molecule has 2 heteroatoms. The number of carbonyl (C=O) groups excluding carboxylic acids is 1. The van der Waals surface area contributed by atoms with Crippen molar-refractivity contribution >= 4 is 5.97 Å². The van der Waals surface area contributed by atoms with E-state index in [1.165, 1.54) is 238 Å². The average Bonchev–Trinajstić information content (AvgIpc) is 3.06. The van der Waals surface area contributed by atoms with E-state index in [9.17, 15) is 4.79 Å². The molecular formula is C44H88O2. The smallest absolute Gasteiger partial charge is 0.305 e. The molecular weight excluding hydrogens is 560 g/mol. The molecule has 0 aliphatic rings. The van der Waals surface area contributed by atoms with Crippen molar-refractivity contribution in [3.05, 3.63) is 0 Å². The zero-order valence-corrected chi connectivity index (χ0v) is 32.3. The highest BCUT2D eigenvalue weighted by atomic mass is 16.5. The standard InChI is InChI=1S/C44H88O2/c1-3-5-7-9-11-13-15-17-19-21-22-23-24-25-26-28-30-32-34-36-38-40-42-44(45)46-43-41-39-37-35-33-31-29-27-20-18-16-14-12-10-8-6-4-2/h3-43H2,1-2H3. The lowest BCUT2D eigenvalue weighted by molar-refractivity contribution is -0.143. The lowest BCUT2D eigenvalue weighted by Gasteiger charge is -2.06. The van der Waals surface area contributed by atoms with Crippen LogP contribution < -0.4 is 0 Å². The molecule has 276 valence electrons. The fraction of sp³-hybridized carbons (Fsp3) is 0.977. The van der Waals surface area contributed by atoms with Gasteiger partial charge in [-0.05, 0) is 12.8 Å². The molecule has 0 radical (unpaired) electrons. The van der Waals surface area contributed by atoms with Gasteiger partial charge in [-0.25, -0.2) is 0 Å². The summed E-state index contributed by atoms with van der Waals surface area (Å²) in [6.07, 6.45) is 54.9. The molecule has 0 aromatic heterocycles. The van der Waals surface area contributed by atoms with Gasteiger partial charge in [-0.3, -0.25) is 4.79 Å². The van der Waals surface area contributed by atoms with Crippen molar-refractivity contribution < 1.29 is 9.53 Å². The topological polar surface area (TPSA) is 26.3 Å². The van der Waals surface area contributed by atoms with Crippen molar-refractivity contribution in [3.63, 3.8) is 0 Å². The van der Waals surface area contributed by atoms with E-state index in [4.69, 9.17) is 4.74 Å². The van der Waals surface area contributed by atoms with E-state index in [0.717, 1.165) is 12.8 Å². The van der Waals surface area contributed by atoms with Gasteiger partial charge in [0.25, 0.3) is 0 Å². The average molecular weight is 649 g/mol. The second-order valence-electron chi connectivity index (χ2n) is 15.1. The first-order chi connectivity index (χ1) is 22.8. The SMILES string of the molecule is CCCCCCCCCCCCCCCCCCCCCCCCC(=O)OCCCCCCCCCCCCCCCCCCC. The van der Waals surface area contributed by atoms with E-state index in [1.54, 1.807) is 0 Å². The minimum atomic E-state index is 0.0321. The molecule has 0 aliphatic heterocycles. The zero-order chi connectivity index (χ0) is 33.3. The van der Waals surface area contributed by atoms with Gasteiger partial charge in [-0.2, -0.15) is 0 Å². The molecule has 0 aromatic carbocycles. The molecule has 0 saturated heterocycles. The monoisotopic (exact) mass is 649 g/mol. The summed E-state index contributed by atoms with van der Waals surface area (Å²) in [4.78, 5) is 12.0. The predicted molar refractivity (Wildman–Crippen MR) is 207 cm³/mol. The number of unbranched alkanes of at least 4 members (excludes halogenated alkanes) is 37. The predicted octanol–water partition coefficient (Wildman–Crippen LogP) is 16.2. The van der Waals surface area contributed by atoms with Crippen LogP contribution in [0.1, 0.15) is 271 Å². The third kappa shape index (κ3) is 41.5. The molecule has 0 amide bonds. The molecule has 0 heterocycles. The molecule has 0 aromatic rings. The molecule has 0 aliphatic carbocycles. The Labute approximate surface area is 292 Å². The first kappa shape index (κ1) is 45.5. The number of ether oxygens (including phenoxy) is 1. The lowest BCUT2D eigenvalue weighted by Crippen LogP contribution is -2.05. The highest BCUT2D eigenvalue weighted by Gasteiger charge is 2.03. The van der Waals surface area contributed by atoms with Gasteiger partial charge in [0.15, 0.2) is 0 Å². The van der Waals surface area contributed by atoms with Crippen LogP contribution in [0.2, 0.25) is 0 Å². The summed E-state index contributed by atoms with van der Waals surface area (Å²) < 4.78 is 5.47. The van der Waals surface area contributed by atoms with Crippen molar-refractivity contribution in [2.75, 3.05) is 6.61 Å². The van der Waals surface area contributed by atoms with Gasteiger partial charge in [0, 0.05) is 6.42 Å². The Hall–Kier alpha value is -0.530. The highest BCUT2D eigenvalue weighted by Crippen LogP contribution is 2.17. The Kier molecular flexibility index (Phi) is 42.0. The van der Waals surface area contributed by atoms with Crippen LogP contribution in [0.3, 0.4) is 0 Å². The van der Waals surface area contributed by atoms with E-state index >= 15 is 0 Å². The molecule has 46 heavy (non-hydrogen) atoms. The number of hydrogen-bond donors (Lipinski definition) is 0. The molecule has 0 fully saturated rings. The van der Waals surface area contributed by atoms with E-state index in [0.29, 0.717) is 13.0 Å². The van der Waals surface area contributed by atoms with E-state index in [-0.39, 0.29) is 5.97 Å². The molecule has 0 rings (SSSR count). The van der Waals surface area contributed by atoms with Gasteiger partial charge >= 0.3 is 5.97 Å². The van der Waals surface area contributed by atoms with Crippen molar-refractivity contribution in [2.24, 2.45) is 0 Å². The molecule has 0 spiro atoms. The van der Waals surface area contributed by atoms with Gasteiger partial charge < -0.3 is 4.74 Å². The summed E-state index contributed by atoms with van der Waals surface area (Å²) in [5, 5.41) is 0. The number of esters is 1. The molecule has 0 atom stereocenters. The second kappa shape index (κ2) is 42.5. The summed E-state index contributed by atoms with van der Waals surface area (Å²) in [7, 11) is 0. The first-order valence-corrected chi connectivity index (χ1v) is 22.0. The highest BCUT2D eigenvalue weighted by molar-refractivity contribution is 5.69. The maximum atomic E-state index is 12.0. The van der Waals surface area contributed by atoms with E-state index in [1.807, 2.05) is 0 Å². The summed E-state index contributed by atoms with van der Waals surface area (Å²) in [6.45, 7) is 5.23. The maximum Gasteiger partial charge on any atom is 0.305 e. The second-order valence-corrected chi connectivity index (χ2v) is 15.1. The molecule has 2 nitrogen and oxygen atoms in total. The normalized spacial score (nSPS) is 11.4. The Morgan fingerprint density at radius 2 is 0.478 bits per heavy atom. The van der Waals surface area contributed by atoms with Crippen LogP contribution in [0, 0.1) is 0 Å². The third-order valence-corrected chi connectivity index (χ3v) is 10.2. The first-order valence-electron chi connectivity index (χ1n) is 22.0. The van der Waals surface area contributed by atoms with Crippen molar-refractivity contribution in [1.29, 1.82) is 0 Å². The van der Waals surface area contributed by atoms with Crippen LogP contribution in [0.15, 0.2) is 0 Å². The Morgan fingerprint density at radius 1 is 0.283 bits per heavy atom. The number of hydrogen-bond acceptors (Lipinski definition) is 2. The summed E-state index contributed by atoms with van der Waals surface area (Å²) >= 11 is 0. The lowest BCUT2D eigenvalue weighted by atomic mass is 10.0. The Morgan fingerprint density at radius 3 is 0.717 bits per heavy atom. The molecule has 0 unspecified atom stereocenters. The Balaban J connectivity index is 3.14. The van der Waals surface area contributed by atoms with Crippen LogP contribution in [0.25, 0.3) is 0 Å². The zero-order valence-electron chi connectivity index (χ0n) is 32.3. The van der Waals surface area contributed by atoms with Crippen LogP contribution >= 0.6 is 0 Å². The molecule has 0 bridgehead atoms. The van der Waals surface area contributed by atoms with E-state index < -0.39 is 0 Å². The fourth-order valence-corrected chi connectivity index (χ4v) is 6.96. The van der Waals surface area contributed by atoms with Crippen LogP contribution in [0.5, 0.6) is 0 Å². The van der Waals surface area contributed by atoms with Crippen molar-refractivity contribution in [3.8, 4) is 0 Å². The Bertz CT molecular complexity index is 544. The summed E-state index contributed by atoms with van der Waals surface area (Å²) in [5.74, 6) is 0.0321. The summed E-state index contributed by atoms with van der Waals surface area (Å²) in [5.41, 5.74) is 0. The quantitative estimate of drug-likeness (QED) is 0.0487. The minimum absolute atomic E-state index is 0.0321. The van der Waals surface area contributed by atoms with Gasteiger partial charge in [0.1, 0.15) is 0 Å². The largest absolute Gasteiger partial charge is 0.466 e. The third-order valence-electron chi connectivity index (χ3n) is 10.2. The van der Waals surface area contributed by atoms with Crippen molar-refractivity contribution in [2.45, 2.75) is 271 Å².